The Hall–Kier alpha value is -5.34. The molecule has 2 amide bonds. The number of aldehydes is 1. The van der Waals surface area contributed by atoms with E-state index in [1.54, 1.807) is 54.9 Å². The van der Waals surface area contributed by atoms with Crippen LogP contribution in [0, 0.1) is 17.7 Å². The van der Waals surface area contributed by atoms with Gasteiger partial charge >= 0.3 is 11.8 Å². The molecule has 0 unspecified atom stereocenters. The minimum atomic E-state index is -0.808. The summed E-state index contributed by atoms with van der Waals surface area (Å²) in [7, 11) is 1.92. The van der Waals surface area contributed by atoms with Gasteiger partial charge in [-0.05, 0) is 99.5 Å². The van der Waals surface area contributed by atoms with Gasteiger partial charge in [0.1, 0.15) is 12.1 Å². The quantitative estimate of drug-likeness (QED) is 0.106. The normalized spacial score (nSPS) is 14.6. The van der Waals surface area contributed by atoms with Crippen molar-refractivity contribution < 1.29 is 23.5 Å². The fraction of sp³-hybridized carbons (Fsp3) is 0.324. The number of ether oxygens (including phenoxy) is 1. The molecule has 1 aromatic heterocycles. The summed E-state index contributed by atoms with van der Waals surface area (Å²) < 4.78 is 19.5. The number of amides is 2. The predicted molar refractivity (Wildman–Crippen MR) is 184 cm³/mol. The van der Waals surface area contributed by atoms with Crippen LogP contribution in [0.4, 0.5) is 4.39 Å². The molecule has 2 saturated carbocycles. The number of aromatic nitrogens is 1. The monoisotopic (exact) mass is 652 g/mol. The number of hydrogen-bond acceptors (Lipinski definition) is 8. The average Bonchev–Trinajstić information content (AvgIpc) is 4.02. The molecule has 250 valence electrons. The molecule has 5 N–H and O–H groups in total. The maximum absolute atomic E-state index is 13.9. The van der Waals surface area contributed by atoms with E-state index < -0.39 is 11.8 Å². The van der Waals surface area contributed by atoms with Crippen molar-refractivity contribution in [3.63, 3.8) is 0 Å². The minimum Gasteiger partial charge on any atom is -0.488 e. The number of allylic oxidation sites excluding steroid dienone is 1. The molecule has 1 heterocycles. The molecule has 10 nitrogen and oxygen atoms in total. The number of benzene rings is 2. The van der Waals surface area contributed by atoms with E-state index in [-0.39, 0.29) is 30.5 Å². The standard InChI is InChI=1S/C21H21N3O4.C16H20FN3/c1-15(2)28-19-10-6-11-22-18(19)9-5-12-23-20(26)21(27)24-13-16-7-3-4-8-17(16)14-25;1-19-16(4-5-16)13-6-11(7-14(17)8-13)12(9-18)10-20-15-2-3-15/h3-4,6-8,10-11,14-15H,12-13H2,1-2H3,(H,23,26)(H,24,27);6-10,15,19H,2-5,18H2,1H3/b;12-9+,20-10?. The topological polar surface area (TPSA) is 148 Å². The number of carbonyl (C=O) groups excluding carboxylic acids is 3. The average molecular weight is 653 g/mol. The van der Waals surface area contributed by atoms with E-state index in [9.17, 15) is 18.8 Å². The smallest absolute Gasteiger partial charge is 0.310 e. The first-order valence-electron chi connectivity index (χ1n) is 15.8. The van der Waals surface area contributed by atoms with Crippen molar-refractivity contribution in [2.75, 3.05) is 13.6 Å². The molecule has 2 fully saturated rings. The van der Waals surface area contributed by atoms with E-state index in [1.165, 1.54) is 12.3 Å². The maximum atomic E-state index is 13.9. The van der Waals surface area contributed by atoms with Gasteiger partial charge in [0.15, 0.2) is 11.4 Å². The van der Waals surface area contributed by atoms with Crippen molar-refractivity contribution in [3.05, 3.63) is 101 Å². The fourth-order valence-corrected chi connectivity index (χ4v) is 4.70. The van der Waals surface area contributed by atoms with Crippen molar-refractivity contribution in [1.82, 2.24) is 20.9 Å². The van der Waals surface area contributed by atoms with Crippen molar-refractivity contribution in [3.8, 4) is 17.6 Å². The third-order valence-corrected chi connectivity index (χ3v) is 7.67. The highest BCUT2D eigenvalue weighted by Crippen LogP contribution is 2.45. The highest BCUT2D eigenvalue weighted by atomic mass is 19.1. The van der Waals surface area contributed by atoms with Crippen LogP contribution in [-0.4, -0.2) is 55.0 Å². The molecule has 2 aliphatic rings. The van der Waals surface area contributed by atoms with Crippen molar-refractivity contribution in [1.29, 1.82) is 0 Å². The Kier molecular flexibility index (Phi) is 12.6. The van der Waals surface area contributed by atoms with Crippen LogP contribution in [0.2, 0.25) is 0 Å². The van der Waals surface area contributed by atoms with Crippen LogP contribution in [0.3, 0.4) is 0 Å². The zero-order chi connectivity index (χ0) is 34.5. The van der Waals surface area contributed by atoms with Crippen LogP contribution in [0.5, 0.6) is 5.75 Å². The van der Waals surface area contributed by atoms with E-state index in [0.29, 0.717) is 34.9 Å². The van der Waals surface area contributed by atoms with Gasteiger partial charge in [-0.25, -0.2) is 9.37 Å². The fourth-order valence-electron chi connectivity index (χ4n) is 4.70. The Morgan fingerprint density at radius 1 is 1.12 bits per heavy atom. The van der Waals surface area contributed by atoms with Gasteiger partial charge in [-0.3, -0.25) is 19.4 Å². The lowest BCUT2D eigenvalue weighted by Gasteiger charge is -2.16. The minimum absolute atomic E-state index is 0.0162. The van der Waals surface area contributed by atoms with Gasteiger partial charge in [-0.15, -0.1) is 0 Å². The van der Waals surface area contributed by atoms with Gasteiger partial charge in [0.2, 0.25) is 0 Å². The lowest BCUT2D eigenvalue weighted by molar-refractivity contribution is -0.139. The van der Waals surface area contributed by atoms with Crippen LogP contribution in [-0.2, 0) is 21.7 Å². The van der Waals surface area contributed by atoms with Crippen molar-refractivity contribution in [2.24, 2.45) is 10.7 Å². The van der Waals surface area contributed by atoms with Gasteiger partial charge in [0, 0.05) is 41.8 Å². The van der Waals surface area contributed by atoms with Crippen molar-refractivity contribution in [2.45, 2.75) is 63.8 Å². The Morgan fingerprint density at radius 2 is 1.88 bits per heavy atom. The second kappa shape index (κ2) is 17.0. The zero-order valence-corrected chi connectivity index (χ0v) is 27.4. The number of nitrogens with zero attached hydrogens (tertiary/aromatic N) is 2. The van der Waals surface area contributed by atoms with Crippen molar-refractivity contribution >= 4 is 29.9 Å². The van der Waals surface area contributed by atoms with Gasteiger partial charge in [-0.1, -0.05) is 30.2 Å². The van der Waals surface area contributed by atoms with E-state index in [0.717, 1.165) is 42.4 Å². The second-order valence-corrected chi connectivity index (χ2v) is 11.7. The highest BCUT2D eigenvalue weighted by molar-refractivity contribution is 6.35. The Labute approximate surface area is 280 Å². The molecular weight excluding hydrogens is 611 g/mol. The number of nitrogens with two attached hydrogens (primary N) is 1. The molecule has 2 aliphatic carbocycles. The molecule has 0 spiro atoms. The van der Waals surface area contributed by atoms with E-state index in [1.807, 2.05) is 27.0 Å². The molecule has 11 heteroatoms. The number of nitrogens with one attached hydrogen (secondary N) is 3. The Bertz CT molecular complexity index is 1730. The summed E-state index contributed by atoms with van der Waals surface area (Å²) in [5.41, 5.74) is 9.75. The molecule has 0 radical (unpaired) electrons. The molecular formula is C37H41FN6O4. The SMILES string of the molecule is CC(C)Oc1cccnc1C#CCNC(=O)C(=O)NCc1ccccc1C=O.CNC1(c2cc(F)cc(/C(C=NC3CC3)=C/N)c2)CC1. The number of hydrogen-bond donors (Lipinski definition) is 4. The Morgan fingerprint density at radius 3 is 2.54 bits per heavy atom. The first kappa shape index (κ1) is 35.5. The lowest BCUT2D eigenvalue weighted by Crippen LogP contribution is -2.39. The lowest BCUT2D eigenvalue weighted by atomic mass is 9.98. The number of rotatable bonds is 11. The number of carbonyl (C=O) groups is 3. The van der Waals surface area contributed by atoms with Gasteiger partial charge in [-0.2, -0.15) is 0 Å². The molecule has 48 heavy (non-hydrogen) atoms. The number of halogens is 1. The maximum Gasteiger partial charge on any atom is 0.310 e. The second-order valence-electron chi connectivity index (χ2n) is 11.7. The summed E-state index contributed by atoms with van der Waals surface area (Å²) in [6.45, 7) is 3.86. The van der Waals surface area contributed by atoms with Crippen LogP contribution >= 0.6 is 0 Å². The molecule has 0 aliphatic heterocycles. The number of pyridine rings is 1. The summed E-state index contributed by atoms with van der Waals surface area (Å²) in [6.07, 6.45) is 9.94. The van der Waals surface area contributed by atoms with Gasteiger partial charge in [0.05, 0.1) is 18.7 Å². The van der Waals surface area contributed by atoms with E-state index >= 15 is 0 Å². The first-order chi connectivity index (χ1) is 23.2. The van der Waals surface area contributed by atoms with E-state index in [4.69, 9.17) is 10.5 Å². The zero-order valence-electron chi connectivity index (χ0n) is 27.4. The summed E-state index contributed by atoms with van der Waals surface area (Å²) in [4.78, 5) is 43.2. The van der Waals surface area contributed by atoms with Gasteiger partial charge in [0.25, 0.3) is 0 Å². The molecule has 3 aromatic rings. The summed E-state index contributed by atoms with van der Waals surface area (Å²) in [5, 5.41) is 8.18. The molecule has 0 saturated heterocycles. The number of aliphatic imine (C=N–C) groups is 1. The predicted octanol–water partition coefficient (Wildman–Crippen LogP) is 4.03. The van der Waals surface area contributed by atoms with Crippen LogP contribution in [0.1, 0.15) is 72.3 Å². The van der Waals surface area contributed by atoms with Gasteiger partial charge < -0.3 is 26.4 Å². The molecule has 2 aromatic carbocycles. The summed E-state index contributed by atoms with van der Waals surface area (Å²) >= 11 is 0. The molecule has 0 bridgehead atoms. The molecule has 0 atom stereocenters. The van der Waals surface area contributed by atoms with Crippen LogP contribution in [0.25, 0.3) is 5.57 Å². The van der Waals surface area contributed by atoms with Crippen LogP contribution in [0.15, 0.2) is 72.0 Å². The van der Waals surface area contributed by atoms with E-state index in [2.05, 4.69) is 37.8 Å². The summed E-state index contributed by atoms with van der Waals surface area (Å²) in [5.74, 6) is 4.28. The summed E-state index contributed by atoms with van der Waals surface area (Å²) in [6, 6.07) is 15.9. The van der Waals surface area contributed by atoms with Crippen LogP contribution < -0.4 is 26.4 Å². The largest absolute Gasteiger partial charge is 0.488 e. The Balaban J connectivity index is 0.000000228. The first-order valence-corrected chi connectivity index (χ1v) is 15.8. The highest BCUT2D eigenvalue weighted by Gasteiger charge is 2.43. The third-order valence-electron chi connectivity index (χ3n) is 7.67. The third kappa shape index (κ3) is 10.3. The molecule has 5 rings (SSSR count).